The van der Waals surface area contributed by atoms with Crippen LogP contribution in [0.25, 0.3) is 0 Å². The van der Waals surface area contributed by atoms with E-state index in [1.807, 2.05) is 0 Å². The fourth-order valence-electron chi connectivity index (χ4n) is 0.601. The third kappa shape index (κ3) is 4.43. The molecule has 0 fully saturated rings. The van der Waals surface area contributed by atoms with Crippen molar-refractivity contribution in [3.8, 4) is 0 Å². The van der Waals surface area contributed by atoms with Gasteiger partial charge in [-0.3, -0.25) is 5.32 Å². The molecule has 0 aliphatic heterocycles. The molecule has 0 aromatic heterocycles. The second kappa shape index (κ2) is 4.77. The van der Waals surface area contributed by atoms with Gasteiger partial charge in [-0.05, 0) is 19.8 Å². The van der Waals surface area contributed by atoms with E-state index >= 15 is 0 Å². The van der Waals surface area contributed by atoms with Gasteiger partial charge in [-0.2, -0.15) is 0 Å². The molecule has 2 atom stereocenters. The lowest BCUT2D eigenvalue weighted by atomic mass is 10.2. The zero-order valence-electron chi connectivity index (χ0n) is 6.65. The zero-order valence-corrected chi connectivity index (χ0v) is 6.65. The SMILES string of the molecule is CC[C@@H](C)N[C@@H](N)CC. The number of hydrogen-bond donors (Lipinski definition) is 2. The summed E-state index contributed by atoms with van der Waals surface area (Å²) in [5.74, 6) is 0. The van der Waals surface area contributed by atoms with Crippen LogP contribution in [0.15, 0.2) is 0 Å². The van der Waals surface area contributed by atoms with E-state index in [-0.39, 0.29) is 6.17 Å². The van der Waals surface area contributed by atoms with Crippen LogP contribution < -0.4 is 11.1 Å². The summed E-state index contributed by atoms with van der Waals surface area (Å²) in [7, 11) is 0. The Morgan fingerprint density at radius 3 is 2.22 bits per heavy atom. The number of hydrogen-bond acceptors (Lipinski definition) is 2. The van der Waals surface area contributed by atoms with Crippen molar-refractivity contribution in [3.63, 3.8) is 0 Å². The Kier molecular flexibility index (Phi) is 4.72. The fraction of sp³-hybridized carbons (Fsp3) is 1.00. The maximum atomic E-state index is 5.64. The minimum Gasteiger partial charge on any atom is -0.316 e. The minimum atomic E-state index is 0.181. The van der Waals surface area contributed by atoms with E-state index in [1.165, 1.54) is 0 Å². The average Bonchev–Trinajstić information content (AvgIpc) is 1.87. The largest absolute Gasteiger partial charge is 0.316 e. The van der Waals surface area contributed by atoms with Gasteiger partial charge in [0.05, 0.1) is 6.17 Å². The van der Waals surface area contributed by atoms with E-state index in [2.05, 4.69) is 26.1 Å². The van der Waals surface area contributed by atoms with Crippen molar-refractivity contribution in [2.24, 2.45) is 5.73 Å². The molecule has 0 rings (SSSR count). The van der Waals surface area contributed by atoms with Crippen molar-refractivity contribution >= 4 is 0 Å². The van der Waals surface area contributed by atoms with Gasteiger partial charge in [-0.15, -0.1) is 0 Å². The number of nitrogens with two attached hydrogens (primary N) is 1. The van der Waals surface area contributed by atoms with E-state index in [0.29, 0.717) is 6.04 Å². The third-order valence-corrected chi connectivity index (χ3v) is 1.55. The first-order valence-corrected chi connectivity index (χ1v) is 3.72. The van der Waals surface area contributed by atoms with E-state index in [4.69, 9.17) is 5.73 Å². The molecule has 2 heteroatoms. The molecule has 0 unspecified atom stereocenters. The Morgan fingerprint density at radius 2 is 1.89 bits per heavy atom. The van der Waals surface area contributed by atoms with Crippen molar-refractivity contribution in [3.05, 3.63) is 0 Å². The van der Waals surface area contributed by atoms with Crippen LogP contribution in [0.3, 0.4) is 0 Å². The molecule has 0 aliphatic rings. The lowest BCUT2D eigenvalue weighted by Crippen LogP contribution is -2.41. The summed E-state index contributed by atoms with van der Waals surface area (Å²) in [6.07, 6.45) is 2.33. The number of nitrogens with one attached hydrogen (secondary N) is 1. The molecule has 0 amide bonds. The predicted molar refractivity (Wildman–Crippen MR) is 41.2 cm³/mol. The van der Waals surface area contributed by atoms with Crippen LogP contribution in [-0.2, 0) is 0 Å². The van der Waals surface area contributed by atoms with Crippen molar-refractivity contribution in [2.75, 3.05) is 0 Å². The van der Waals surface area contributed by atoms with Crippen LogP contribution >= 0.6 is 0 Å². The molecule has 3 N–H and O–H groups in total. The maximum Gasteiger partial charge on any atom is 0.0545 e. The van der Waals surface area contributed by atoms with Gasteiger partial charge >= 0.3 is 0 Å². The van der Waals surface area contributed by atoms with Gasteiger partial charge < -0.3 is 5.73 Å². The van der Waals surface area contributed by atoms with Crippen molar-refractivity contribution in [2.45, 2.75) is 45.8 Å². The molecule has 0 aliphatic carbocycles. The molecule has 0 saturated carbocycles. The van der Waals surface area contributed by atoms with Crippen LogP contribution in [-0.4, -0.2) is 12.2 Å². The highest BCUT2D eigenvalue weighted by Gasteiger charge is 2.01. The molecule has 0 radical (unpaired) electrons. The van der Waals surface area contributed by atoms with Crippen LogP contribution in [0, 0.1) is 0 Å². The molecule has 2 nitrogen and oxygen atoms in total. The Morgan fingerprint density at radius 1 is 1.33 bits per heavy atom. The van der Waals surface area contributed by atoms with Crippen LogP contribution in [0.4, 0.5) is 0 Å². The zero-order chi connectivity index (χ0) is 7.28. The summed E-state index contributed by atoms with van der Waals surface area (Å²) < 4.78 is 0. The van der Waals surface area contributed by atoms with Crippen LogP contribution in [0.5, 0.6) is 0 Å². The Hall–Kier alpha value is -0.0800. The molecular formula is C7H18N2. The highest BCUT2D eigenvalue weighted by atomic mass is 15.0. The summed E-state index contributed by atoms with van der Waals surface area (Å²) in [6.45, 7) is 6.38. The molecule has 0 aromatic carbocycles. The van der Waals surface area contributed by atoms with E-state index in [9.17, 15) is 0 Å². The molecule has 0 bridgehead atoms. The second-order valence-corrected chi connectivity index (χ2v) is 2.49. The summed E-state index contributed by atoms with van der Waals surface area (Å²) >= 11 is 0. The summed E-state index contributed by atoms with van der Waals surface area (Å²) in [5.41, 5.74) is 5.64. The topological polar surface area (TPSA) is 38.0 Å². The van der Waals surface area contributed by atoms with Gasteiger partial charge in [-0.1, -0.05) is 13.8 Å². The van der Waals surface area contributed by atoms with Gasteiger partial charge in [0.1, 0.15) is 0 Å². The monoisotopic (exact) mass is 130 g/mol. The molecule has 0 spiro atoms. The fourth-order valence-corrected chi connectivity index (χ4v) is 0.601. The highest BCUT2D eigenvalue weighted by molar-refractivity contribution is 4.62. The van der Waals surface area contributed by atoms with Crippen LogP contribution in [0.2, 0.25) is 0 Å². The Balaban J connectivity index is 3.22. The molecule has 0 heterocycles. The molecule has 0 saturated heterocycles. The lowest BCUT2D eigenvalue weighted by molar-refractivity contribution is 0.435. The molecule has 9 heavy (non-hydrogen) atoms. The molecular weight excluding hydrogens is 112 g/mol. The summed E-state index contributed by atoms with van der Waals surface area (Å²) in [6, 6.07) is 0.556. The predicted octanol–water partition coefficient (Wildman–Crippen LogP) is 1.07. The Labute approximate surface area is 57.8 Å². The minimum absolute atomic E-state index is 0.181. The summed E-state index contributed by atoms with van der Waals surface area (Å²) in [5, 5.41) is 3.26. The Bertz CT molecular complexity index is 55.9. The van der Waals surface area contributed by atoms with Crippen molar-refractivity contribution in [1.29, 1.82) is 0 Å². The van der Waals surface area contributed by atoms with Crippen molar-refractivity contribution in [1.82, 2.24) is 5.32 Å². The van der Waals surface area contributed by atoms with Crippen molar-refractivity contribution < 1.29 is 0 Å². The van der Waals surface area contributed by atoms with E-state index in [0.717, 1.165) is 12.8 Å². The second-order valence-electron chi connectivity index (χ2n) is 2.49. The van der Waals surface area contributed by atoms with E-state index in [1.54, 1.807) is 0 Å². The quantitative estimate of drug-likeness (QED) is 0.559. The molecule has 56 valence electrons. The normalized spacial score (nSPS) is 17.3. The summed E-state index contributed by atoms with van der Waals surface area (Å²) in [4.78, 5) is 0. The smallest absolute Gasteiger partial charge is 0.0545 e. The lowest BCUT2D eigenvalue weighted by Gasteiger charge is -2.16. The van der Waals surface area contributed by atoms with Gasteiger partial charge in [-0.25, -0.2) is 0 Å². The molecule has 0 aromatic rings. The van der Waals surface area contributed by atoms with Gasteiger partial charge in [0.15, 0.2) is 0 Å². The van der Waals surface area contributed by atoms with Crippen LogP contribution in [0.1, 0.15) is 33.6 Å². The third-order valence-electron chi connectivity index (χ3n) is 1.55. The van der Waals surface area contributed by atoms with E-state index < -0.39 is 0 Å². The first kappa shape index (κ1) is 8.92. The average molecular weight is 130 g/mol. The first-order chi connectivity index (χ1) is 4.20. The van der Waals surface area contributed by atoms with Gasteiger partial charge in [0.25, 0.3) is 0 Å². The maximum absolute atomic E-state index is 5.64. The standard InChI is InChI=1S/C7H18N2/c1-4-6(3)9-7(8)5-2/h6-7,9H,4-5,8H2,1-3H3/t6-,7-/m1/s1. The first-order valence-electron chi connectivity index (χ1n) is 3.72. The van der Waals surface area contributed by atoms with Gasteiger partial charge in [0.2, 0.25) is 0 Å². The number of rotatable bonds is 4. The van der Waals surface area contributed by atoms with Gasteiger partial charge in [0, 0.05) is 6.04 Å². The highest BCUT2D eigenvalue weighted by Crippen LogP contribution is 1.90.